The maximum Gasteiger partial charge on any atom is 0.350 e. The number of thiazole rings is 1. The molecule has 0 fully saturated rings. The minimum Gasteiger partial charge on any atom is -0.494 e. The van der Waals surface area contributed by atoms with Crippen molar-refractivity contribution in [1.29, 1.82) is 0 Å². The molecule has 10 nitrogen and oxygen atoms in total. The number of hydrogen-bond acceptors (Lipinski definition) is 9. The first-order valence-electron chi connectivity index (χ1n) is 11.0. The number of imide groups is 1. The summed E-state index contributed by atoms with van der Waals surface area (Å²) in [6, 6.07) is 12.7. The van der Waals surface area contributed by atoms with E-state index < -0.39 is 23.7 Å². The van der Waals surface area contributed by atoms with Crippen molar-refractivity contribution in [3.8, 4) is 5.75 Å². The predicted molar refractivity (Wildman–Crippen MR) is 139 cm³/mol. The zero-order chi connectivity index (χ0) is 26.7. The molecule has 2 heterocycles. The van der Waals surface area contributed by atoms with Gasteiger partial charge in [-0.05, 0) is 62.4 Å². The molecule has 2 N–H and O–H groups in total. The average Bonchev–Trinajstić information content (AvgIpc) is 3.36. The lowest BCUT2D eigenvalue weighted by molar-refractivity contribution is -0.120. The van der Waals surface area contributed by atoms with Crippen LogP contribution in [-0.4, -0.2) is 42.4 Å². The third kappa shape index (κ3) is 5.32. The SMILES string of the molecule is CCOc1ccc(N2C(=O)C(Cl)=C(Nc3ccc(C(=O)Nc4nc(C)c(C(=O)OC)s4)cc3)C2=O)cc1. The van der Waals surface area contributed by atoms with Crippen LogP contribution < -0.4 is 20.3 Å². The number of carbonyl (C=O) groups is 4. The number of nitrogens with one attached hydrogen (secondary N) is 2. The molecule has 0 saturated carbocycles. The molecular formula is C25H21ClN4O6S. The van der Waals surface area contributed by atoms with Gasteiger partial charge in [0, 0.05) is 11.3 Å². The highest BCUT2D eigenvalue weighted by molar-refractivity contribution is 7.17. The zero-order valence-electron chi connectivity index (χ0n) is 20.0. The van der Waals surface area contributed by atoms with Gasteiger partial charge >= 0.3 is 5.97 Å². The highest BCUT2D eigenvalue weighted by Gasteiger charge is 2.39. The van der Waals surface area contributed by atoms with Crippen LogP contribution in [-0.2, 0) is 14.3 Å². The van der Waals surface area contributed by atoms with Crippen LogP contribution in [0.25, 0.3) is 0 Å². The van der Waals surface area contributed by atoms with E-state index in [-0.39, 0.29) is 15.9 Å². The number of aromatic nitrogens is 1. The monoisotopic (exact) mass is 540 g/mol. The van der Waals surface area contributed by atoms with Crippen LogP contribution in [0.2, 0.25) is 0 Å². The predicted octanol–water partition coefficient (Wildman–Crippen LogP) is 4.32. The molecule has 2 aromatic carbocycles. The van der Waals surface area contributed by atoms with E-state index in [4.69, 9.17) is 21.1 Å². The number of aryl methyl sites for hydroxylation is 1. The van der Waals surface area contributed by atoms with Crippen LogP contribution in [0.5, 0.6) is 5.75 Å². The van der Waals surface area contributed by atoms with E-state index >= 15 is 0 Å². The fourth-order valence-corrected chi connectivity index (χ4v) is 4.55. The number of carbonyl (C=O) groups excluding carboxylic acids is 4. The van der Waals surface area contributed by atoms with Crippen molar-refractivity contribution in [3.63, 3.8) is 0 Å². The third-order valence-corrected chi connectivity index (χ3v) is 6.64. The van der Waals surface area contributed by atoms with E-state index in [1.807, 2.05) is 6.92 Å². The highest BCUT2D eigenvalue weighted by Crippen LogP contribution is 2.31. The molecule has 0 aliphatic carbocycles. The summed E-state index contributed by atoms with van der Waals surface area (Å²) in [4.78, 5) is 55.5. The smallest absolute Gasteiger partial charge is 0.350 e. The third-order valence-electron chi connectivity index (χ3n) is 5.24. The molecule has 0 spiro atoms. The minimum atomic E-state index is -0.653. The maximum absolute atomic E-state index is 13.0. The summed E-state index contributed by atoms with van der Waals surface area (Å²) in [5.41, 5.74) is 1.48. The number of halogens is 1. The van der Waals surface area contributed by atoms with Gasteiger partial charge in [0.25, 0.3) is 17.7 Å². The Morgan fingerprint density at radius 1 is 1.05 bits per heavy atom. The Balaban J connectivity index is 1.44. The lowest BCUT2D eigenvalue weighted by Crippen LogP contribution is -2.32. The second-order valence-electron chi connectivity index (χ2n) is 7.64. The number of anilines is 3. The van der Waals surface area contributed by atoms with Crippen molar-refractivity contribution in [2.45, 2.75) is 13.8 Å². The molecule has 37 heavy (non-hydrogen) atoms. The molecule has 1 aliphatic rings. The number of nitrogens with zero attached hydrogens (tertiary/aromatic N) is 2. The van der Waals surface area contributed by atoms with Crippen LogP contribution in [0.3, 0.4) is 0 Å². The molecule has 0 saturated heterocycles. The standard InChI is InChI=1S/C25H21ClN4O6S/c1-4-36-17-11-9-16(10-12-17)30-22(32)18(26)19(23(30)33)28-15-7-5-14(6-8-15)21(31)29-25-27-13(2)20(37-25)24(34)35-3/h5-12,28H,4H2,1-3H3,(H,27,29,31). The van der Waals surface area contributed by atoms with Crippen LogP contribution in [0, 0.1) is 6.92 Å². The average molecular weight is 541 g/mol. The Bertz CT molecular complexity index is 1420. The Kier molecular flexibility index (Phi) is 7.55. The highest BCUT2D eigenvalue weighted by atomic mass is 35.5. The van der Waals surface area contributed by atoms with E-state index in [0.29, 0.717) is 39.9 Å². The Morgan fingerprint density at radius 3 is 2.35 bits per heavy atom. The van der Waals surface area contributed by atoms with Gasteiger partial charge in [-0.15, -0.1) is 0 Å². The van der Waals surface area contributed by atoms with Gasteiger partial charge in [0.2, 0.25) is 0 Å². The number of amides is 3. The van der Waals surface area contributed by atoms with E-state index in [2.05, 4.69) is 15.6 Å². The molecule has 0 unspecified atom stereocenters. The minimum absolute atomic E-state index is 0.0775. The van der Waals surface area contributed by atoms with Crippen LogP contribution in [0.1, 0.15) is 32.6 Å². The van der Waals surface area contributed by atoms with Gasteiger partial charge in [-0.1, -0.05) is 22.9 Å². The first-order chi connectivity index (χ1) is 17.7. The van der Waals surface area contributed by atoms with Crippen molar-refractivity contribution in [2.75, 3.05) is 29.3 Å². The molecule has 12 heteroatoms. The number of rotatable bonds is 8. The number of benzene rings is 2. The second kappa shape index (κ2) is 10.8. The van der Waals surface area contributed by atoms with Gasteiger partial charge in [-0.2, -0.15) is 0 Å². The molecule has 4 rings (SSSR count). The topological polar surface area (TPSA) is 127 Å². The van der Waals surface area contributed by atoms with Gasteiger partial charge in [0.05, 0.1) is 25.1 Å². The number of esters is 1. The van der Waals surface area contributed by atoms with Crippen molar-refractivity contribution >= 4 is 63.1 Å². The molecule has 190 valence electrons. The van der Waals surface area contributed by atoms with E-state index in [1.54, 1.807) is 43.3 Å². The Morgan fingerprint density at radius 2 is 1.73 bits per heavy atom. The second-order valence-corrected chi connectivity index (χ2v) is 9.02. The lowest BCUT2D eigenvalue weighted by Gasteiger charge is -2.15. The van der Waals surface area contributed by atoms with E-state index in [1.165, 1.54) is 19.2 Å². The lowest BCUT2D eigenvalue weighted by atomic mass is 10.2. The largest absolute Gasteiger partial charge is 0.494 e. The molecule has 0 atom stereocenters. The quantitative estimate of drug-likeness (QED) is 0.319. The fourth-order valence-electron chi connectivity index (χ4n) is 3.45. The Hall–Kier alpha value is -4.22. The molecule has 3 aromatic rings. The number of hydrogen-bond donors (Lipinski definition) is 2. The fraction of sp³-hybridized carbons (Fsp3) is 0.160. The Labute approximate surface area is 220 Å². The van der Waals surface area contributed by atoms with Gasteiger partial charge in [-0.3, -0.25) is 19.7 Å². The van der Waals surface area contributed by atoms with Crippen molar-refractivity contribution in [2.24, 2.45) is 0 Å². The van der Waals surface area contributed by atoms with Crippen molar-refractivity contribution in [1.82, 2.24) is 4.98 Å². The van der Waals surface area contributed by atoms with Crippen molar-refractivity contribution in [3.05, 3.63) is 75.4 Å². The van der Waals surface area contributed by atoms with Gasteiger partial charge in [0.1, 0.15) is 21.4 Å². The molecule has 3 amide bonds. The summed E-state index contributed by atoms with van der Waals surface area (Å²) < 4.78 is 10.1. The summed E-state index contributed by atoms with van der Waals surface area (Å²) in [6.07, 6.45) is 0. The first-order valence-corrected chi connectivity index (χ1v) is 12.2. The summed E-state index contributed by atoms with van der Waals surface area (Å²) >= 11 is 7.21. The van der Waals surface area contributed by atoms with Crippen LogP contribution >= 0.6 is 22.9 Å². The number of methoxy groups -OCH3 is 1. The summed E-state index contributed by atoms with van der Waals surface area (Å²) in [7, 11) is 1.27. The van der Waals surface area contributed by atoms with Crippen LogP contribution in [0.4, 0.5) is 16.5 Å². The van der Waals surface area contributed by atoms with Gasteiger partial charge in [0.15, 0.2) is 5.13 Å². The normalized spacial score (nSPS) is 13.1. The number of ether oxygens (including phenoxy) is 2. The maximum atomic E-state index is 13.0. The first kappa shape index (κ1) is 25.9. The zero-order valence-corrected chi connectivity index (χ0v) is 21.5. The summed E-state index contributed by atoms with van der Waals surface area (Å²) in [5, 5.41) is 5.51. The van der Waals surface area contributed by atoms with Gasteiger partial charge < -0.3 is 14.8 Å². The molecule has 1 aliphatic heterocycles. The molecular weight excluding hydrogens is 520 g/mol. The molecule has 1 aromatic heterocycles. The van der Waals surface area contributed by atoms with E-state index in [9.17, 15) is 19.2 Å². The molecule has 0 bridgehead atoms. The van der Waals surface area contributed by atoms with Crippen LogP contribution in [0.15, 0.2) is 59.3 Å². The molecule has 0 radical (unpaired) electrons. The van der Waals surface area contributed by atoms with Gasteiger partial charge in [-0.25, -0.2) is 14.7 Å². The summed E-state index contributed by atoms with van der Waals surface area (Å²) in [5.74, 6) is -1.62. The van der Waals surface area contributed by atoms with E-state index in [0.717, 1.165) is 16.2 Å². The summed E-state index contributed by atoms with van der Waals surface area (Å²) in [6.45, 7) is 3.99. The van der Waals surface area contributed by atoms with Crippen molar-refractivity contribution < 1.29 is 28.7 Å².